The predicted molar refractivity (Wildman–Crippen MR) is 88.8 cm³/mol. The number of hydrogen-bond donors (Lipinski definition) is 2. The van der Waals surface area contributed by atoms with Gasteiger partial charge in [-0.1, -0.05) is 38.7 Å². The van der Waals surface area contributed by atoms with Crippen LogP contribution < -0.4 is 10.6 Å². The van der Waals surface area contributed by atoms with Gasteiger partial charge in [-0.15, -0.1) is 0 Å². The zero-order valence-corrected chi connectivity index (χ0v) is 13.4. The first-order chi connectivity index (χ1) is 10.2. The molecule has 1 unspecified atom stereocenters. The number of carbonyl (C=O) groups excluding carboxylic acids is 1. The van der Waals surface area contributed by atoms with Gasteiger partial charge in [-0.05, 0) is 31.5 Å². The second kappa shape index (κ2) is 10.2. The number of unbranched alkanes of at least 4 members (excludes halogenated alkanes) is 3. The van der Waals surface area contributed by atoms with Crippen LogP contribution >= 0.6 is 0 Å². The normalized spacial score (nSPS) is 12.0. The standard InChI is InChI=1S/C17H28N2O2/c1-4-5-6-7-9-14(2)18-15-10-8-11-16(12-15)19-17(20)13-21-3/h8,10-12,14,18H,4-7,9,13H2,1-3H3,(H,19,20). The highest BCUT2D eigenvalue weighted by atomic mass is 16.5. The van der Waals surface area contributed by atoms with Gasteiger partial charge in [-0.25, -0.2) is 0 Å². The maximum atomic E-state index is 11.5. The van der Waals surface area contributed by atoms with Crippen LogP contribution in [-0.2, 0) is 9.53 Å². The van der Waals surface area contributed by atoms with Crippen LogP contribution in [0.15, 0.2) is 24.3 Å². The second-order valence-corrected chi connectivity index (χ2v) is 5.46. The number of ether oxygens (including phenoxy) is 1. The minimum Gasteiger partial charge on any atom is -0.383 e. The molecule has 4 nitrogen and oxygen atoms in total. The Hall–Kier alpha value is -1.55. The number of rotatable bonds is 10. The molecule has 0 heterocycles. The molecule has 0 aromatic heterocycles. The van der Waals surface area contributed by atoms with E-state index in [0.717, 1.165) is 11.4 Å². The van der Waals surface area contributed by atoms with Gasteiger partial charge in [-0.2, -0.15) is 0 Å². The summed E-state index contributed by atoms with van der Waals surface area (Å²) in [7, 11) is 1.51. The largest absolute Gasteiger partial charge is 0.383 e. The molecule has 1 amide bonds. The van der Waals surface area contributed by atoms with E-state index in [4.69, 9.17) is 4.74 Å². The van der Waals surface area contributed by atoms with Crippen molar-refractivity contribution in [2.24, 2.45) is 0 Å². The van der Waals surface area contributed by atoms with Gasteiger partial charge in [0.15, 0.2) is 0 Å². The van der Waals surface area contributed by atoms with Crippen molar-refractivity contribution in [3.63, 3.8) is 0 Å². The molecule has 1 aromatic carbocycles. The van der Waals surface area contributed by atoms with Crippen LogP contribution in [0.4, 0.5) is 11.4 Å². The van der Waals surface area contributed by atoms with Crippen molar-refractivity contribution in [1.29, 1.82) is 0 Å². The Balaban J connectivity index is 2.42. The van der Waals surface area contributed by atoms with E-state index in [9.17, 15) is 4.79 Å². The average molecular weight is 292 g/mol. The highest BCUT2D eigenvalue weighted by Gasteiger charge is 2.04. The van der Waals surface area contributed by atoms with Gasteiger partial charge in [0, 0.05) is 24.5 Å². The summed E-state index contributed by atoms with van der Waals surface area (Å²) >= 11 is 0. The third kappa shape index (κ3) is 7.71. The Morgan fingerprint density at radius 3 is 2.71 bits per heavy atom. The summed E-state index contributed by atoms with van der Waals surface area (Å²) in [6.45, 7) is 4.50. The van der Waals surface area contributed by atoms with Gasteiger partial charge in [0.05, 0.1) is 0 Å². The Labute approximate surface area is 128 Å². The average Bonchev–Trinajstić information content (AvgIpc) is 2.44. The summed E-state index contributed by atoms with van der Waals surface area (Å²) in [5, 5.41) is 6.29. The molecule has 0 saturated heterocycles. The van der Waals surface area contributed by atoms with Crippen LogP contribution in [0.3, 0.4) is 0 Å². The molecular formula is C17H28N2O2. The lowest BCUT2D eigenvalue weighted by molar-refractivity contribution is -0.119. The van der Waals surface area contributed by atoms with Gasteiger partial charge >= 0.3 is 0 Å². The van der Waals surface area contributed by atoms with Crippen molar-refractivity contribution in [1.82, 2.24) is 0 Å². The maximum Gasteiger partial charge on any atom is 0.250 e. The van der Waals surface area contributed by atoms with E-state index in [-0.39, 0.29) is 12.5 Å². The highest BCUT2D eigenvalue weighted by Crippen LogP contribution is 2.17. The summed E-state index contributed by atoms with van der Waals surface area (Å²) in [6.07, 6.45) is 6.31. The summed E-state index contributed by atoms with van der Waals surface area (Å²) in [6, 6.07) is 8.23. The van der Waals surface area contributed by atoms with Gasteiger partial charge in [0.25, 0.3) is 0 Å². The predicted octanol–water partition coefficient (Wildman–Crippen LogP) is 4.04. The summed E-state index contributed by atoms with van der Waals surface area (Å²) in [5.74, 6) is -0.137. The lowest BCUT2D eigenvalue weighted by Crippen LogP contribution is -2.18. The van der Waals surface area contributed by atoms with Crippen LogP contribution in [0, 0.1) is 0 Å². The monoisotopic (exact) mass is 292 g/mol. The van der Waals surface area contributed by atoms with E-state index in [1.54, 1.807) is 0 Å². The van der Waals surface area contributed by atoms with Crippen LogP contribution in [-0.4, -0.2) is 25.7 Å². The summed E-state index contributed by atoms with van der Waals surface area (Å²) < 4.78 is 4.81. The molecule has 118 valence electrons. The minimum absolute atomic E-state index is 0.0749. The van der Waals surface area contributed by atoms with E-state index in [1.165, 1.54) is 39.2 Å². The first-order valence-electron chi connectivity index (χ1n) is 7.81. The van der Waals surface area contributed by atoms with Crippen LogP contribution in [0.5, 0.6) is 0 Å². The van der Waals surface area contributed by atoms with Crippen LogP contribution in [0.1, 0.15) is 46.0 Å². The fourth-order valence-electron chi connectivity index (χ4n) is 2.25. The molecule has 0 spiro atoms. The number of methoxy groups -OCH3 is 1. The van der Waals surface area contributed by atoms with E-state index in [2.05, 4.69) is 24.5 Å². The van der Waals surface area contributed by atoms with Crippen molar-refractivity contribution in [2.75, 3.05) is 24.4 Å². The lowest BCUT2D eigenvalue weighted by Gasteiger charge is -2.16. The van der Waals surface area contributed by atoms with Gasteiger partial charge in [-0.3, -0.25) is 4.79 Å². The van der Waals surface area contributed by atoms with E-state index < -0.39 is 0 Å². The molecule has 0 aliphatic heterocycles. The Morgan fingerprint density at radius 2 is 2.00 bits per heavy atom. The molecule has 1 aromatic rings. The third-order valence-corrected chi connectivity index (χ3v) is 3.33. The molecule has 21 heavy (non-hydrogen) atoms. The molecule has 0 fully saturated rings. The molecule has 4 heteroatoms. The SMILES string of the molecule is CCCCCCC(C)Nc1cccc(NC(=O)COC)c1. The Bertz CT molecular complexity index is 421. The van der Waals surface area contributed by atoms with Crippen molar-refractivity contribution >= 4 is 17.3 Å². The Kier molecular flexibility index (Phi) is 8.51. The number of amides is 1. The second-order valence-electron chi connectivity index (χ2n) is 5.46. The third-order valence-electron chi connectivity index (χ3n) is 3.33. The van der Waals surface area contributed by atoms with E-state index in [1.807, 2.05) is 24.3 Å². The molecule has 1 atom stereocenters. The lowest BCUT2D eigenvalue weighted by atomic mass is 10.1. The number of nitrogens with one attached hydrogen (secondary N) is 2. The Morgan fingerprint density at radius 1 is 1.24 bits per heavy atom. The fraction of sp³-hybridized carbons (Fsp3) is 0.588. The van der Waals surface area contributed by atoms with Gasteiger partial charge in [0.2, 0.25) is 5.91 Å². The molecule has 0 aliphatic carbocycles. The van der Waals surface area contributed by atoms with Gasteiger partial charge in [0.1, 0.15) is 6.61 Å². The molecule has 0 radical (unpaired) electrons. The molecule has 2 N–H and O–H groups in total. The first kappa shape index (κ1) is 17.5. The quantitative estimate of drug-likeness (QED) is 0.640. The summed E-state index contributed by atoms with van der Waals surface area (Å²) in [5.41, 5.74) is 1.83. The van der Waals surface area contributed by atoms with E-state index >= 15 is 0 Å². The number of carbonyl (C=O) groups is 1. The zero-order valence-electron chi connectivity index (χ0n) is 13.4. The van der Waals surface area contributed by atoms with Crippen LogP contribution in [0.2, 0.25) is 0 Å². The molecule has 0 aliphatic rings. The maximum absolute atomic E-state index is 11.5. The summed E-state index contributed by atoms with van der Waals surface area (Å²) in [4.78, 5) is 11.5. The van der Waals surface area contributed by atoms with Crippen molar-refractivity contribution in [3.8, 4) is 0 Å². The number of hydrogen-bond acceptors (Lipinski definition) is 3. The fourth-order valence-corrected chi connectivity index (χ4v) is 2.25. The van der Waals surface area contributed by atoms with Crippen molar-refractivity contribution in [3.05, 3.63) is 24.3 Å². The molecule has 1 rings (SSSR count). The van der Waals surface area contributed by atoms with E-state index in [0.29, 0.717) is 6.04 Å². The minimum atomic E-state index is -0.137. The first-order valence-corrected chi connectivity index (χ1v) is 7.81. The highest BCUT2D eigenvalue weighted by molar-refractivity contribution is 5.92. The number of benzene rings is 1. The molecular weight excluding hydrogens is 264 g/mol. The van der Waals surface area contributed by atoms with Crippen molar-refractivity contribution < 1.29 is 9.53 Å². The zero-order chi connectivity index (χ0) is 15.5. The van der Waals surface area contributed by atoms with Crippen molar-refractivity contribution in [2.45, 2.75) is 52.0 Å². The molecule has 0 bridgehead atoms. The smallest absolute Gasteiger partial charge is 0.250 e. The molecule has 0 saturated carbocycles. The number of anilines is 2. The van der Waals surface area contributed by atoms with Gasteiger partial charge < -0.3 is 15.4 Å². The topological polar surface area (TPSA) is 50.4 Å². The van der Waals surface area contributed by atoms with Crippen LogP contribution in [0.25, 0.3) is 0 Å².